The fourth-order valence-electron chi connectivity index (χ4n) is 2.22. The lowest BCUT2D eigenvalue weighted by Gasteiger charge is -2.11. The summed E-state index contributed by atoms with van der Waals surface area (Å²) >= 11 is 0. The molecule has 3 rings (SSSR count). The summed E-state index contributed by atoms with van der Waals surface area (Å²) in [6, 6.07) is 11.1. The van der Waals surface area contributed by atoms with Gasteiger partial charge in [-0.25, -0.2) is 18.7 Å². The lowest BCUT2D eigenvalue weighted by atomic mass is 10.1. The molecule has 0 atom stereocenters. The average molecular weight is 326 g/mol. The van der Waals surface area contributed by atoms with E-state index in [1.54, 1.807) is 30.3 Å². The molecular formula is C17H12F2N4O. The van der Waals surface area contributed by atoms with Crippen molar-refractivity contribution >= 4 is 17.5 Å². The summed E-state index contributed by atoms with van der Waals surface area (Å²) in [6.07, 6.45) is 1.50. The van der Waals surface area contributed by atoms with Crippen LogP contribution in [0.15, 0.2) is 54.7 Å². The first-order chi connectivity index (χ1) is 11.5. The Balaban J connectivity index is 1.95. The molecular weight excluding hydrogens is 314 g/mol. The first kappa shape index (κ1) is 15.5. The summed E-state index contributed by atoms with van der Waals surface area (Å²) in [7, 11) is 0. The number of aromatic nitrogens is 2. The average Bonchev–Trinajstić information content (AvgIpc) is 2.54. The summed E-state index contributed by atoms with van der Waals surface area (Å²) in [5.41, 5.74) is 7.02. The van der Waals surface area contributed by atoms with Crippen molar-refractivity contribution in [1.29, 1.82) is 0 Å². The minimum atomic E-state index is -0.822. The van der Waals surface area contributed by atoms with E-state index >= 15 is 0 Å². The van der Waals surface area contributed by atoms with Crippen molar-refractivity contribution in [3.8, 4) is 11.3 Å². The van der Waals surface area contributed by atoms with Crippen LogP contribution in [-0.4, -0.2) is 15.9 Å². The van der Waals surface area contributed by atoms with Gasteiger partial charge in [0, 0.05) is 23.4 Å². The summed E-state index contributed by atoms with van der Waals surface area (Å²) in [5.74, 6) is -2.18. The van der Waals surface area contributed by atoms with Crippen LogP contribution >= 0.6 is 0 Å². The number of para-hydroxylation sites is 1. The molecule has 0 saturated heterocycles. The largest absolute Gasteiger partial charge is 0.368 e. The zero-order valence-corrected chi connectivity index (χ0v) is 12.3. The SMILES string of the molecule is Nc1nccc(-c2ccccc2NC(=O)c2cc(F)cc(F)c2)n1. The number of hydrogen-bond acceptors (Lipinski definition) is 4. The maximum atomic E-state index is 13.3. The molecule has 0 unspecified atom stereocenters. The number of rotatable bonds is 3. The van der Waals surface area contributed by atoms with Gasteiger partial charge in [0.05, 0.1) is 11.4 Å². The summed E-state index contributed by atoms with van der Waals surface area (Å²) in [5, 5.41) is 2.63. The molecule has 1 heterocycles. The number of anilines is 2. The first-order valence-electron chi connectivity index (χ1n) is 6.98. The number of amides is 1. The molecule has 0 aliphatic carbocycles. The van der Waals surface area contributed by atoms with Gasteiger partial charge in [-0.05, 0) is 24.3 Å². The van der Waals surface area contributed by atoms with E-state index in [1.165, 1.54) is 6.20 Å². The van der Waals surface area contributed by atoms with Crippen LogP contribution in [0.5, 0.6) is 0 Å². The Morgan fingerprint density at radius 3 is 2.46 bits per heavy atom. The van der Waals surface area contributed by atoms with E-state index in [9.17, 15) is 13.6 Å². The molecule has 1 aromatic heterocycles. The zero-order valence-electron chi connectivity index (χ0n) is 12.3. The van der Waals surface area contributed by atoms with Crippen molar-refractivity contribution in [1.82, 2.24) is 9.97 Å². The van der Waals surface area contributed by atoms with Gasteiger partial charge in [-0.2, -0.15) is 0 Å². The second-order valence-corrected chi connectivity index (χ2v) is 4.96. The van der Waals surface area contributed by atoms with E-state index in [0.717, 1.165) is 12.1 Å². The number of nitrogens with zero attached hydrogens (tertiary/aromatic N) is 2. The second kappa shape index (κ2) is 6.41. The third-order valence-corrected chi connectivity index (χ3v) is 3.25. The fourth-order valence-corrected chi connectivity index (χ4v) is 2.22. The van der Waals surface area contributed by atoms with Crippen molar-refractivity contribution in [2.75, 3.05) is 11.1 Å². The predicted octanol–water partition coefficient (Wildman–Crippen LogP) is 3.26. The Hall–Kier alpha value is -3.35. The van der Waals surface area contributed by atoms with Crippen LogP contribution in [0.3, 0.4) is 0 Å². The van der Waals surface area contributed by atoms with Crippen LogP contribution in [0, 0.1) is 11.6 Å². The molecule has 0 aliphatic rings. The monoisotopic (exact) mass is 326 g/mol. The van der Waals surface area contributed by atoms with Gasteiger partial charge in [0.25, 0.3) is 5.91 Å². The minimum Gasteiger partial charge on any atom is -0.368 e. The molecule has 1 amide bonds. The molecule has 0 saturated carbocycles. The number of halogens is 2. The summed E-state index contributed by atoms with van der Waals surface area (Å²) in [4.78, 5) is 20.2. The molecule has 120 valence electrons. The van der Waals surface area contributed by atoms with Crippen molar-refractivity contribution in [3.63, 3.8) is 0 Å². The van der Waals surface area contributed by atoms with E-state index < -0.39 is 17.5 Å². The number of nitrogen functional groups attached to an aromatic ring is 1. The molecule has 0 bridgehead atoms. The fraction of sp³-hybridized carbons (Fsp3) is 0. The van der Waals surface area contributed by atoms with Gasteiger partial charge in [-0.3, -0.25) is 4.79 Å². The highest BCUT2D eigenvalue weighted by Gasteiger charge is 2.13. The number of nitrogens with two attached hydrogens (primary N) is 1. The lowest BCUT2D eigenvalue weighted by molar-refractivity contribution is 0.102. The molecule has 2 aromatic carbocycles. The molecule has 0 radical (unpaired) electrons. The number of hydrogen-bond donors (Lipinski definition) is 2. The molecule has 5 nitrogen and oxygen atoms in total. The van der Waals surface area contributed by atoms with Gasteiger partial charge in [0.1, 0.15) is 11.6 Å². The van der Waals surface area contributed by atoms with Gasteiger partial charge < -0.3 is 11.1 Å². The van der Waals surface area contributed by atoms with Gasteiger partial charge in [-0.1, -0.05) is 18.2 Å². The number of carbonyl (C=O) groups excluding carboxylic acids is 1. The Labute approximate surface area is 136 Å². The van der Waals surface area contributed by atoms with Crippen molar-refractivity contribution in [2.24, 2.45) is 0 Å². The van der Waals surface area contributed by atoms with Gasteiger partial charge in [-0.15, -0.1) is 0 Å². The first-order valence-corrected chi connectivity index (χ1v) is 6.98. The van der Waals surface area contributed by atoms with E-state index in [1.807, 2.05) is 0 Å². The second-order valence-electron chi connectivity index (χ2n) is 4.96. The van der Waals surface area contributed by atoms with E-state index in [2.05, 4.69) is 15.3 Å². The number of nitrogens with one attached hydrogen (secondary N) is 1. The molecule has 0 spiro atoms. The lowest BCUT2D eigenvalue weighted by Crippen LogP contribution is -2.13. The summed E-state index contributed by atoms with van der Waals surface area (Å²) in [6.45, 7) is 0. The molecule has 24 heavy (non-hydrogen) atoms. The zero-order chi connectivity index (χ0) is 17.1. The van der Waals surface area contributed by atoms with Crippen molar-refractivity contribution < 1.29 is 13.6 Å². The molecule has 0 aliphatic heterocycles. The topological polar surface area (TPSA) is 80.9 Å². The molecule has 3 N–H and O–H groups in total. The van der Waals surface area contributed by atoms with E-state index in [-0.39, 0.29) is 11.5 Å². The summed E-state index contributed by atoms with van der Waals surface area (Å²) < 4.78 is 26.5. The van der Waals surface area contributed by atoms with Gasteiger partial charge in [0.2, 0.25) is 5.95 Å². The smallest absolute Gasteiger partial charge is 0.255 e. The maximum absolute atomic E-state index is 13.3. The Morgan fingerprint density at radius 2 is 1.75 bits per heavy atom. The van der Waals surface area contributed by atoms with Crippen LogP contribution in [0.1, 0.15) is 10.4 Å². The molecule has 7 heteroatoms. The highest BCUT2D eigenvalue weighted by Crippen LogP contribution is 2.26. The van der Waals surface area contributed by atoms with Crippen LogP contribution in [-0.2, 0) is 0 Å². The van der Waals surface area contributed by atoms with Crippen LogP contribution in [0.4, 0.5) is 20.4 Å². The normalized spacial score (nSPS) is 10.4. The number of carbonyl (C=O) groups is 1. The highest BCUT2D eigenvalue weighted by molar-refractivity contribution is 6.06. The van der Waals surface area contributed by atoms with Crippen LogP contribution in [0.2, 0.25) is 0 Å². The van der Waals surface area contributed by atoms with Gasteiger partial charge >= 0.3 is 0 Å². The Kier molecular flexibility index (Phi) is 4.15. The standard InChI is InChI=1S/C17H12F2N4O/c18-11-7-10(8-12(19)9-11)16(24)22-14-4-2-1-3-13(14)15-5-6-21-17(20)23-15/h1-9H,(H,22,24)(H2,20,21,23). The third-order valence-electron chi connectivity index (χ3n) is 3.25. The highest BCUT2D eigenvalue weighted by atomic mass is 19.1. The van der Waals surface area contributed by atoms with Crippen LogP contribution < -0.4 is 11.1 Å². The van der Waals surface area contributed by atoms with Crippen molar-refractivity contribution in [2.45, 2.75) is 0 Å². The third kappa shape index (κ3) is 3.35. The minimum absolute atomic E-state index is 0.0980. The van der Waals surface area contributed by atoms with Gasteiger partial charge in [0.15, 0.2) is 0 Å². The Bertz CT molecular complexity index is 894. The predicted molar refractivity (Wildman–Crippen MR) is 86.2 cm³/mol. The Morgan fingerprint density at radius 1 is 1.04 bits per heavy atom. The van der Waals surface area contributed by atoms with E-state index in [0.29, 0.717) is 23.0 Å². The maximum Gasteiger partial charge on any atom is 0.255 e. The molecule has 3 aromatic rings. The van der Waals surface area contributed by atoms with Crippen LogP contribution in [0.25, 0.3) is 11.3 Å². The quantitative estimate of drug-likeness (QED) is 0.774. The molecule has 0 fully saturated rings. The van der Waals surface area contributed by atoms with Crippen molar-refractivity contribution in [3.05, 3.63) is 71.9 Å². The number of benzene rings is 2. The van der Waals surface area contributed by atoms with E-state index in [4.69, 9.17) is 5.73 Å².